The minimum Gasteiger partial charge on any atom is -0.458 e. The van der Waals surface area contributed by atoms with Gasteiger partial charge in [0.15, 0.2) is 0 Å². The van der Waals surface area contributed by atoms with Gasteiger partial charge in [-0.3, -0.25) is 0 Å². The van der Waals surface area contributed by atoms with Crippen LogP contribution in [0.2, 0.25) is 0 Å². The molecule has 1 aromatic heterocycles. The van der Waals surface area contributed by atoms with Gasteiger partial charge in [-0.1, -0.05) is 40.2 Å². The minimum absolute atomic E-state index is 0.00621. The van der Waals surface area contributed by atoms with E-state index < -0.39 is 11.6 Å². The van der Waals surface area contributed by atoms with Gasteiger partial charge < -0.3 is 9.15 Å². The van der Waals surface area contributed by atoms with Gasteiger partial charge in [0, 0.05) is 27.6 Å². The van der Waals surface area contributed by atoms with Gasteiger partial charge in [-0.15, -0.1) is 0 Å². The molecule has 0 spiro atoms. The molecule has 0 aliphatic rings. The van der Waals surface area contributed by atoms with Gasteiger partial charge in [0.2, 0.25) is 0 Å². The molecule has 0 saturated heterocycles. The molecule has 0 unspecified atom stereocenters. The standard InChI is InChI=1S/C21H17BrO4/c1-13-6-8-18-16(11-20(24)26-21(18)14(13)2)12-25-19(23)9-7-15-4-3-5-17(22)10-15/h3-11H,12H2,1-2H3. The molecule has 0 aliphatic carbocycles. The maximum atomic E-state index is 12.0. The van der Waals surface area contributed by atoms with Crippen LogP contribution in [0.4, 0.5) is 0 Å². The molecular weight excluding hydrogens is 396 g/mol. The SMILES string of the molecule is Cc1ccc2c(COC(=O)C=Cc3cccc(Br)c3)cc(=O)oc2c1C. The van der Waals surface area contributed by atoms with Gasteiger partial charge in [-0.2, -0.15) is 0 Å². The highest BCUT2D eigenvalue weighted by Gasteiger charge is 2.10. The van der Waals surface area contributed by atoms with Crippen molar-refractivity contribution in [1.29, 1.82) is 0 Å². The van der Waals surface area contributed by atoms with Crippen LogP contribution in [-0.2, 0) is 16.1 Å². The number of aryl methyl sites for hydroxylation is 2. The van der Waals surface area contributed by atoms with E-state index in [0.29, 0.717) is 11.1 Å². The molecule has 0 bridgehead atoms. The summed E-state index contributed by atoms with van der Waals surface area (Å²) in [6, 6.07) is 12.8. The normalized spacial score (nSPS) is 11.2. The van der Waals surface area contributed by atoms with Crippen LogP contribution in [0.1, 0.15) is 22.3 Å². The van der Waals surface area contributed by atoms with E-state index in [2.05, 4.69) is 15.9 Å². The molecule has 0 saturated carbocycles. The molecule has 3 aromatic rings. The Balaban J connectivity index is 1.78. The summed E-state index contributed by atoms with van der Waals surface area (Å²) in [4.78, 5) is 23.8. The average molecular weight is 413 g/mol. The van der Waals surface area contributed by atoms with Crippen molar-refractivity contribution in [2.24, 2.45) is 0 Å². The number of carbonyl (C=O) groups excluding carboxylic acids is 1. The number of ether oxygens (including phenoxy) is 1. The number of fused-ring (bicyclic) bond motifs is 1. The summed E-state index contributed by atoms with van der Waals surface area (Å²) in [5, 5.41) is 0.775. The van der Waals surface area contributed by atoms with Gasteiger partial charge in [0.05, 0.1) is 0 Å². The molecule has 1 heterocycles. The molecule has 26 heavy (non-hydrogen) atoms. The molecule has 2 aromatic carbocycles. The van der Waals surface area contributed by atoms with Crippen LogP contribution in [0, 0.1) is 13.8 Å². The van der Waals surface area contributed by atoms with Crippen molar-refractivity contribution in [1.82, 2.24) is 0 Å². The Bertz CT molecular complexity index is 1060. The monoisotopic (exact) mass is 412 g/mol. The third kappa shape index (κ3) is 4.11. The van der Waals surface area contributed by atoms with E-state index in [1.807, 2.05) is 50.2 Å². The first kappa shape index (κ1) is 18.1. The largest absolute Gasteiger partial charge is 0.458 e. The van der Waals surface area contributed by atoms with Crippen LogP contribution in [0.3, 0.4) is 0 Å². The predicted molar refractivity (Wildman–Crippen MR) is 105 cm³/mol. The van der Waals surface area contributed by atoms with E-state index >= 15 is 0 Å². The Morgan fingerprint density at radius 3 is 2.77 bits per heavy atom. The first-order valence-electron chi connectivity index (χ1n) is 8.07. The van der Waals surface area contributed by atoms with Crippen LogP contribution < -0.4 is 5.63 Å². The molecule has 0 radical (unpaired) electrons. The fourth-order valence-corrected chi connectivity index (χ4v) is 3.03. The van der Waals surface area contributed by atoms with Crippen LogP contribution >= 0.6 is 15.9 Å². The molecule has 0 aliphatic heterocycles. The Kier molecular flexibility index (Phi) is 5.38. The van der Waals surface area contributed by atoms with Gasteiger partial charge >= 0.3 is 11.6 Å². The highest BCUT2D eigenvalue weighted by atomic mass is 79.9. The lowest BCUT2D eigenvalue weighted by Gasteiger charge is -2.09. The first-order valence-corrected chi connectivity index (χ1v) is 8.86. The third-order valence-corrected chi connectivity index (χ3v) is 4.64. The summed E-state index contributed by atoms with van der Waals surface area (Å²) in [5.74, 6) is -0.477. The second-order valence-electron chi connectivity index (χ2n) is 5.97. The quantitative estimate of drug-likeness (QED) is 0.346. The van der Waals surface area contributed by atoms with Crippen LogP contribution in [0.25, 0.3) is 17.0 Å². The summed E-state index contributed by atoms with van der Waals surface area (Å²) >= 11 is 3.38. The van der Waals surface area contributed by atoms with Crippen molar-refractivity contribution in [3.05, 3.63) is 85.7 Å². The maximum Gasteiger partial charge on any atom is 0.336 e. The molecule has 3 rings (SSSR count). The van der Waals surface area contributed by atoms with E-state index in [-0.39, 0.29) is 6.61 Å². The Morgan fingerprint density at radius 2 is 2.00 bits per heavy atom. The molecule has 5 heteroatoms. The van der Waals surface area contributed by atoms with Crippen molar-refractivity contribution < 1.29 is 13.9 Å². The summed E-state index contributed by atoms with van der Waals surface area (Å²) < 4.78 is 11.5. The lowest BCUT2D eigenvalue weighted by Crippen LogP contribution is -2.06. The van der Waals surface area contributed by atoms with Gasteiger partial charge in [-0.05, 0) is 48.7 Å². The molecular formula is C21H17BrO4. The van der Waals surface area contributed by atoms with Crippen molar-refractivity contribution in [2.45, 2.75) is 20.5 Å². The molecule has 132 valence electrons. The van der Waals surface area contributed by atoms with E-state index in [1.165, 1.54) is 12.1 Å². The van der Waals surface area contributed by atoms with Crippen LogP contribution in [0.15, 0.2) is 62.2 Å². The summed E-state index contributed by atoms with van der Waals surface area (Å²) in [6.45, 7) is 3.86. The fraction of sp³-hybridized carbons (Fsp3) is 0.143. The molecule has 4 nitrogen and oxygen atoms in total. The van der Waals surface area contributed by atoms with E-state index in [4.69, 9.17) is 9.15 Å². The maximum absolute atomic E-state index is 12.0. The number of rotatable bonds is 4. The van der Waals surface area contributed by atoms with Crippen molar-refractivity contribution in [3.8, 4) is 0 Å². The molecule has 0 amide bonds. The summed E-state index contributed by atoms with van der Waals surface area (Å²) in [6.07, 6.45) is 3.04. The van der Waals surface area contributed by atoms with Crippen LogP contribution in [0.5, 0.6) is 0 Å². The molecule has 0 atom stereocenters. The zero-order valence-corrected chi connectivity index (χ0v) is 16.0. The molecule has 0 fully saturated rings. The number of esters is 1. The Morgan fingerprint density at radius 1 is 1.19 bits per heavy atom. The number of halogens is 1. The number of benzene rings is 2. The zero-order valence-electron chi connectivity index (χ0n) is 14.4. The lowest BCUT2D eigenvalue weighted by molar-refractivity contribution is -0.138. The number of carbonyl (C=O) groups is 1. The summed E-state index contributed by atoms with van der Waals surface area (Å²) in [7, 11) is 0. The zero-order chi connectivity index (χ0) is 18.7. The average Bonchev–Trinajstić information content (AvgIpc) is 2.61. The highest BCUT2D eigenvalue weighted by molar-refractivity contribution is 9.10. The summed E-state index contributed by atoms with van der Waals surface area (Å²) in [5.41, 5.74) is 3.53. The number of hydrogen-bond donors (Lipinski definition) is 0. The second-order valence-corrected chi connectivity index (χ2v) is 6.89. The van der Waals surface area contributed by atoms with Crippen molar-refractivity contribution in [3.63, 3.8) is 0 Å². The number of hydrogen-bond acceptors (Lipinski definition) is 4. The van der Waals surface area contributed by atoms with Crippen molar-refractivity contribution >= 4 is 38.9 Å². The van der Waals surface area contributed by atoms with E-state index in [1.54, 1.807) is 6.08 Å². The van der Waals surface area contributed by atoms with Gasteiger partial charge in [0.1, 0.15) is 12.2 Å². The topological polar surface area (TPSA) is 56.5 Å². The van der Waals surface area contributed by atoms with Gasteiger partial charge in [-0.25, -0.2) is 9.59 Å². The van der Waals surface area contributed by atoms with E-state index in [0.717, 1.165) is 26.5 Å². The van der Waals surface area contributed by atoms with Crippen LogP contribution in [-0.4, -0.2) is 5.97 Å². The minimum atomic E-state index is -0.477. The predicted octanol–water partition coefficient (Wildman–Crippen LogP) is 4.93. The Labute approximate surface area is 159 Å². The lowest BCUT2D eigenvalue weighted by atomic mass is 10.0. The van der Waals surface area contributed by atoms with Gasteiger partial charge in [0.25, 0.3) is 0 Å². The fourth-order valence-electron chi connectivity index (χ4n) is 2.62. The third-order valence-electron chi connectivity index (χ3n) is 4.15. The Hall–Kier alpha value is -2.66. The smallest absolute Gasteiger partial charge is 0.336 e. The second kappa shape index (κ2) is 7.70. The first-order chi connectivity index (χ1) is 12.4. The highest BCUT2D eigenvalue weighted by Crippen LogP contribution is 2.23. The van der Waals surface area contributed by atoms with Crippen molar-refractivity contribution in [2.75, 3.05) is 0 Å². The van der Waals surface area contributed by atoms with E-state index in [9.17, 15) is 9.59 Å². The molecule has 0 N–H and O–H groups in total.